The highest BCUT2D eigenvalue weighted by atomic mass is 16.5. The lowest BCUT2D eigenvalue weighted by atomic mass is 9.76. The number of esters is 1. The Morgan fingerprint density at radius 2 is 2.03 bits per heavy atom. The summed E-state index contributed by atoms with van der Waals surface area (Å²) in [5.74, 6) is 0.164. The van der Waals surface area contributed by atoms with Crippen LogP contribution in [-0.2, 0) is 16.0 Å². The fourth-order valence-corrected chi connectivity index (χ4v) is 4.08. The van der Waals surface area contributed by atoms with E-state index in [0.29, 0.717) is 56.0 Å². The third-order valence-electron chi connectivity index (χ3n) is 5.67. The normalized spacial score (nSPS) is 19.2. The number of piperidine rings is 1. The summed E-state index contributed by atoms with van der Waals surface area (Å²) in [7, 11) is 0. The molecule has 0 radical (unpaired) electrons. The van der Waals surface area contributed by atoms with Crippen LogP contribution in [0.4, 0.5) is 0 Å². The van der Waals surface area contributed by atoms with Crippen molar-refractivity contribution in [1.82, 2.24) is 10.1 Å². The minimum Gasteiger partial charge on any atom is -0.466 e. The standard InChI is InChI=1S/C24H30N2O4/c1-4-20-21(18(3)30-25-20)22(27)26-16-10-15-24(17-26,23(28)29-5-2)14-9-13-19-11-7-6-8-12-19/h6-9,11-13H,4-5,10,14-17H2,1-3H3/b13-9+/t24-/m1/s1. The second-order valence-corrected chi connectivity index (χ2v) is 7.76. The number of carbonyl (C=O) groups is 2. The number of allylic oxidation sites excluding steroid dienone is 1. The fourth-order valence-electron chi connectivity index (χ4n) is 4.08. The van der Waals surface area contributed by atoms with Crippen LogP contribution in [0.2, 0.25) is 0 Å². The Hall–Kier alpha value is -2.89. The predicted octanol–water partition coefficient (Wildman–Crippen LogP) is 4.43. The first kappa shape index (κ1) is 21.8. The highest BCUT2D eigenvalue weighted by molar-refractivity contribution is 5.96. The van der Waals surface area contributed by atoms with Crippen molar-refractivity contribution in [3.63, 3.8) is 0 Å². The van der Waals surface area contributed by atoms with Gasteiger partial charge in [0, 0.05) is 13.1 Å². The molecule has 160 valence electrons. The minimum absolute atomic E-state index is 0.119. The molecule has 0 unspecified atom stereocenters. The van der Waals surface area contributed by atoms with Gasteiger partial charge in [-0.1, -0.05) is 54.6 Å². The van der Waals surface area contributed by atoms with Crippen LogP contribution in [0.5, 0.6) is 0 Å². The number of nitrogens with zero attached hydrogens (tertiary/aromatic N) is 2. The third-order valence-corrected chi connectivity index (χ3v) is 5.67. The number of ether oxygens (including phenoxy) is 1. The van der Waals surface area contributed by atoms with Crippen molar-refractivity contribution < 1.29 is 18.8 Å². The number of likely N-dealkylation sites (tertiary alicyclic amines) is 1. The molecule has 1 aromatic carbocycles. The van der Waals surface area contributed by atoms with Crippen LogP contribution >= 0.6 is 0 Å². The van der Waals surface area contributed by atoms with Crippen LogP contribution in [0.3, 0.4) is 0 Å². The lowest BCUT2D eigenvalue weighted by Gasteiger charge is -2.40. The Balaban J connectivity index is 1.83. The quantitative estimate of drug-likeness (QED) is 0.631. The van der Waals surface area contributed by atoms with E-state index in [1.807, 2.05) is 56.3 Å². The van der Waals surface area contributed by atoms with Crippen LogP contribution in [0.15, 0.2) is 40.9 Å². The van der Waals surface area contributed by atoms with Crippen molar-refractivity contribution in [3.05, 3.63) is 59.0 Å². The molecule has 1 aliphatic rings. The maximum atomic E-state index is 13.3. The van der Waals surface area contributed by atoms with Crippen LogP contribution in [0.1, 0.15) is 60.5 Å². The molecule has 1 atom stereocenters. The second kappa shape index (κ2) is 9.74. The van der Waals surface area contributed by atoms with Crippen LogP contribution in [0, 0.1) is 12.3 Å². The van der Waals surface area contributed by atoms with Gasteiger partial charge in [0.1, 0.15) is 11.3 Å². The van der Waals surface area contributed by atoms with Gasteiger partial charge in [-0.2, -0.15) is 0 Å². The Morgan fingerprint density at radius 3 is 2.73 bits per heavy atom. The molecule has 2 heterocycles. The van der Waals surface area contributed by atoms with E-state index in [9.17, 15) is 9.59 Å². The van der Waals surface area contributed by atoms with Gasteiger partial charge in [0.25, 0.3) is 5.91 Å². The van der Waals surface area contributed by atoms with Crippen molar-refractivity contribution in [2.45, 2.75) is 46.5 Å². The molecule has 1 fully saturated rings. The Labute approximate surface area is 177 Å². The maximum Gasteiger partial charge on any atom is 0.314 e. The summed E-state index contributed by atoms with van der Waals surface area (Å²) in [5, 5.41) is 4.01. The molecular weight excluding hydrogens is 380 g/mol. The highest BCUT2D eigenvalue weighted by Crippen LogP contribution is 2.37. The van der Waals surface area contributed by atoms with Crippen LogP contribution < -0.4 is 0 Å². The molecule has 1 aromatic heterocycles. The van der Waals surface area contributed by atoms with Gasteiger partial charge in [-0.25, -0.2) is 0 Å². The highest BCUT2D eigenvalue weighted by Gasteiger charge is 2.44. The van der Waals surface area contributed by atoms with Crippen molar-refractivity contribution in [3.8, 4) is 0 Å². The third kappa shape index (κ3) is 4.64. The number of benzene rings is 1. The largest absolute Gasteiger partial charge is 0.466 e. The number of rotatable bonds is 7. The molecule has 1 saturated heterocycles. The second-order valence-electron chi connectivity index (χ2n) is 7.76. The first-order valence-electron chi connectivity index (χ1n) is 10.6. The Kier molecular flexibility index (Phi) is 7.08. The van der Waals surface area contributed by atoms with E-state index in [4.69, 9.17) is 9.26 Å². The van der Waals surface area contributed by atoms with Gasteiger partial charge in [0.15, 0.2) is 0 Å². The Bertz CT molecular complexity index is 903. The number of aromatic nitrogens is 1. The van der Waals surface area contributed by atoms with Gasteiger partial charge in [-0.3, -0.25) is 9.59 Å². The first-order valence-corrected chi connectivity index (χ1v) is 10.6. The van der Waals surface area contributed by atoms with E-state index in [1.54, 1.807) is 11.8 Å². The summed E-state index contributed by atoms with van der Waals surface area (Å²) in [6, 6.07) is 9.97. The summed E-state index contributed by atoms with van der Waals surface area (Å²) in [6.45, 7) is 6.77. The van der Waals surface area contributed by atoms with Crippen molar-refractivity contribution in [1.29, 1.82) is 0 Å². The van der Waals surface area contributed by atoms with Crippen LogP contribution in [-0.4, -0.2) is 41.6 Å². The topological polar surface area (TPSA) is 72.6 Å². The zero-order chi connectivity index (χ0) is 21.6. The van der Waals surface area contributed by atoms with Gasteiger partial charge in [0.2, 0.25) is 0 Å². The molecule has 3 rings (SSSR count). The number of hydrogen-bond donors (Lipinski definition) is 0. The molecule has 2 aromatic rings. The van der Waals surface area contributed by atoms with E-state index in [-0.39, 0.29) is 11.9 Å². The fraction of sp³-hybridized carbons (Fsp3) is 0.458. The average Bonchev–Trinajstić information content (AvgIpc) is 3.14. The predicted molar refractivity (Wildman–Crippen MR) is 115 cm³/mol. The molecule has 1 amide bonds. The molecule has 0 spiro atoms. The molecule has 1 aliphatic heterocycles. The van der Waals surface area contributed by atoms with Gasteiger partial charge in [0.05, 0.1) is 17.7 Å². The first-order chi connectivity index (χ1) is 14.5. The molecular formula is C24H30N2O4. The van der Waals surface area contributed by atoms with Gasteiger partial charge >= 0.3 is 5.97 Å². The zero-order valence-corrected chi connectivity index (χ0v) is 18.0. The van der Waals surface area contributed by atoms with E-state index in [0.717, 1.165) is 12.0 Å². The van der Waals surface area contributed by atoms with Crippen molar-refractivity contribution >= 4 is 18.0 Å². The monoisotopic (exact) mass is 410 g/mol. The number of aryl methyl sites for hydroxylation is 2. The Morgan fingerprint density at radius 1 is 1.27 bits per heavy atom. The minimum atomic E-state index is -0.743. The molecule has 0 bridgehead atoms. The van der Waals surface area contributed by atoms with Gasteiger partial charge in [-0.15, -0.1) is 0 Å². The maximum absolute atomic E-state index is 13.3. The zero-order valence-electron chi connectivity index (χ0n) is 18.0. The van der Waals surface area contributed by atoms with Crippen LogP contribution in [0.25, 0.3) is 6.08 Å². The summed E-state index contributed by atoms with van der Waals surface area (Å²) < 4.78 is 10.7. The summed E-state index contributed by atoms with van der Waals surface area (Å²) in [6.07, 6.45) is 6.61. The van der Waals surface area contributed by atoms with Gasteiger partial charge < -0.3 is 14.2 Å². The number of amides is 1. The summed E-state index contributed by atoms with van der Waals surface area (Å²) in [5.41, 5.74) is 1.52. The molecule has 6 heteroatoms. The summed E-state index contributed by atoms with van der Waals surface area (Å²) in [4.78, 5) is 28.0. The lowest BCUT2D eigenvalue weighted by Crippen LogP contribution is -2.50. The van der Waals surface area contributed by atoms with Crippen molar-refractivity contribution in [2.75, 3.05) is 19.7 Å². The number of hydrogen-bond acceptors (Lipinski definition) is 5. The SMILES string of the molecule is CCOC(=O)[C@]1(C/C=C/c2ccccc2)CCCN(C(=O)c2c(CC)noc2C)C1. The lowest BCUT2D eigenvalue weighted by molar-refractivity contribution is -0.158. The van der Waals surface area contributed by atoms with E-state index >= 15 is 0 Å². The van der Waals surface area contributed by atoms with E-state index < -0.39 is 5.41 Å². The molecule has 0 N–H and O–H groups in total. The van der Waals surface area contributed by atoms with E-state index in [1.165, 1.54) is 0 Å². The van der Waals surface area contributed by atoms with Crippen molar-refractivity contribution in [2.24, 2.45) is 5.41 Å². The summed E-state index contributed by atoms with van der Waals surface area (Å²) >= 11 is 0. The molecule has 6 nitrogen and oxygen atoms in total. The molecule has 0 aliphatic carbocycles. The molecule has 30 heavy (non-hydrogen) atoms. The average molecular weight is 411 g/mol. The van der Waals surface area contributed by atoms with Gasteiger partial charge in [-0.05, 0) is 45.1 Å². The van der Waals surface area contributed by atoms with E-state index in [2.05, 4.69) is 5.16 Å². The molecule has 0 saturated carbocycles. The smallest absolute Gasteiger partial charge is 0.314 e. The number of carbonyl (C=O) groups excluding carboxylic acids is 2.